The fourth-order valence-corrected chi connectivity index (χ4v) is 0.892. The fourth-order valence-electron chi connectivity index (χ4n) is 0.892. The lowest BCUT2D eigenvalue weighted by Crippen LogP contribution is -2.14. The Balaban J connectivity index is 2.84. The number of hydrogen-bond acceptors (Lipinski definition) is 2. The summed E-state index contributed by atoms with van der Waals surface area (Å²) in [5, 5.41) is 2.42. The van der Waals surface area contributed by atoms with Crippen LogP contribution in [0.15, 0.2) is 24.3 Å². The Kier molecular flexibility index (Phi) is 3.57. The molecule has 0 saturated heterocycles. The Labute approximate surface area is 83.1 Å². The largest absolute Gasteiger partial charge is 0.497 e. The summed E-state index contributed by atoms with van der Waals surface area (Å²) in [6.07, 6.45) is 0. The minimum absolute atomic E-state index is 0.298. The number of carbonyl (C=O) groups excluding carboxylic acids is 1. The standard InChI is InChI=1S/C11H11NO2/c1-12-11(13)7-6-9-4-3-5-10(8-9)14-2/h3-5,8H,1-2H3,(H,12,13). The van der Waals surface area contributed by atoms with Crippen LogP contribution in [0.1, 0.15) is 5.56 Å². The molecule has 1 aromatic rings. The van der Waals surface area contributed by atoms with Crippen molar-refractivity contribution in [1.29, 1.82) is 0 Å². The van der Waals surface area contributed by atoms with E-state index in [-0.39, 0.29) is 5.91 Å². The Hall–Kier alpha value is -1.95. The van der Waals surface area contributed by atoms with Gasteiger partial charge in [-0.05, 0) is 18.2 Å². The van der Waals surface area contributed by atoms with Gasteiger partial charge in [-0.25, -0.2) is 0 Å². The van der Waals surface area contributed by atoms with Gasteiger partial charge in [0, 0.05) is 18.5 Å². The molecule has 0 fully saturated rings. The lowest BCUT2D eigenvalue weighted by atomic mass is 10.2. The molecule has 1 rings (SSSR count). The van der Waals surface area contributed by atoms with Crippen LogP contribution in [0.25, 0.3) is 0 Å². The minimum Gasteiger partial charge on any atom is -0.497 e. The van der Waals surface area contributed by atoms with Crippen LogP contribution >= 0.6 is 0 Å². The summed E-state index contributed by atoms with van der Waals surface area (Å²) in [5.41, 5.74) is 0.757. The van der Waals surface area contributed by atoms with E-state index < -0.39 is 0 Å². The molecule has 0 heterocycles. The molecule has 1 aromatic carbocycles. The molecule has 0 aliphatic heterocycles. The molecule has 0 aliphatic rings. The van der Waals surface area contributed by atoms with Gasteiger partial charge in [-0.2, -0.15) is 0 Å². The smallest absolute Gasteiger partial charge is 0.295 e. The molecule has 1 amide bonds. The van der Waals surface area contributed by atoms with E-state index in [0.29, 0.717) is 0 Å². The number of amides is 1. The summed E-state index contributed by atoms with van der Waals surface area (Å²) in [6.45, 7) is 0. The first-order valence-corrected chi connectivity index (χ1v) is 4.14. The highest BCUT2D eigenvalue weighted by Gasteiger charge is 1.92. The number of benzene rings is 1. The van der Waals surface area contributed by atoms with E-state index in [1.54, 1.807) is 20.2 Å². The zero-order valence-electron chi connectivity index (χ0n) is 8.13. The van der Waals surface area contributed by atoms with Crippen LogP contribution in [0.5, 0.6) is 5.75 Å². The first kappa shape index (κ1) is 10.1. The highest BCUT2D eigenvalue weighted by Crippen LogP contribution is 2.10. The summed E-state index contributed by atoms with van der Waals surface area (Å²) < 4.78 is 5.02. The van der Waals surface area contributed by atoms with Crippen molar-refractivity contribution in [2.24, 2.45) is 0 Å². The highest BCUT2D eigenvalue weighted by atomic mass is 16.5. The Morgan fingerprint density at radius 2 is 2.29 bits per heavy atom. The van der Waals surface area contributed by atoms with Crippen molar-refractivity contribution in [1.82, 2.24) is 5.32 Å². The first-order valence-electron chi connectivity index (χ1n) is 4.14. The molecular formula is C11H11NO2. The molecule has 72 valence electrons. The predicted octanol–water partition coefficient (Wildman–Crippen LogP) is 0.793. The average Bonchev–Trinajstić information content (AvgIpc) is 2.26. The van der Waals surface area contributed by atoms with E-state index in [1.807, 2.05) is 18.2 Å². The number of carbonyl (C=O) groups is 1. The average molecular weight is 189 g/mol. The first-order chi connectivity index (χ1) is 6.76. The molecular weight excluding hydrogens is 178 g/mol. The third-order valence-electron chi connectivity index (χ3n) is 1.62. The number of nitrogens with one attached hydrogen (secondary N) is 1. The van der Waals surface area contributed by atoms with Crippen molar-refractivity contribution in [3.05, 3.63) is 29.8 Å². The van der Waals surface area contributed by atoms with E-state index >= 15 is 0 Å². The Morgan fingerprint density at radius 3 is 2.93 bits per heavy atom. The van der Waals surface area contributed by atoms with E-state index in [4.69, 9.17) is 4.74 Å². The molecule has 14 heavy (non-hydrogen) atoms. The van der Waals surface area contributed by atoms with Crippen molar-refractivity contribution < 1.29 is 9.53 Å². The minimum atomic E-state index is -0.298. The van der Waals surface area contributed by atoms with Crippen LogP contribution in [0.2, 0.25) is 0 Å². The Bertz CT molecular complexity index is 388. The van der Waals surface area contributed by atoms with Gasteiger partial charge in [-0.1, -0.05) is 12.0 Å². The van der Waals surface area contributed by atoms with Crippen molar-refractivity contribution in [2.45, 2.75) is 0 Å². The SMILES string of the molecule is CNC(=O)C#Cc1cccc(OC)c1. The number of rotatable bonds is 1. The van der Waals surface area contributed by atoms with Gasteiger partial charge >= 0.3 is 0 Å². The molecule has 0 spiro atoms. The van der Waals surface area contributed by atoms with Gasteiger partial charge in [0.1, 0.15) is 5.75 Å². The number of ether oxygens (including phenoxy) is 1. The van der Waals surface area contributed by atoms with E-state index in [9.17, 15) is 4.79 Å². The van der Waals surface area contributed by atoms with Crippen LogP contribution in [-0.4, -0.2) is 20.1 Å². The lowest BCUT2D eigenvalue weighted by Gasteiger charge is -1.97. The predicted molar refractivity (Wildman–Crippen MR) is 53.9 cm³/mol. The van der Waals surface area contributed by atoms with E-state index in [1.165, 1.54) is 0 Å². The van der Waals surface area contributed by atoms with Crippen LogP contribution < -0.4 is 10.1 Å². The van der Waals surface area contributed by atoms with E-state index in [0.717, 1.165) is 11.3 Å². The second kappa shape index (κ2) is 4.93. The molecule has 3 nitrogen and oxygen atoms in total. The van der Waals surface area contributed by atoms with Crippen molar-refractivity contribution >= 4 is 5.91 Å². The summed E-state index contributed by atoms with van der Waals surface area (Å²) in [4.78, 5) is 10.8. The maximum absolute atomic E-state index is 10.8. The van der Waals surface area contributed by atoms with Gasteiger partial charge in [0.25, 0.3) is 5.91 Å². The molecule has 0 saturated carbocycles. The molecule has 0 aromatic heterocycles. The van der Waals surface area contributed by atoms with Crippen molar-refractivity contribution in [2.75, 3.05) is 14.2 Å². The number of hydrogen-bond donors (Lipinski definition) is 1. The molecule has 0 radical (unpaired) electrons. The summed E-state index contributed by atoms with van der Waals surface area (Å²) >= 11 is 0. The molecule has 0 aliphatic carbocycles. The third kappa shape index (κ3) is 2.83. The van der Waals surface area contributed by atoms with Gasteiger partial charge in [-0.15, -0.1) is 0 Å². The highest BCUT2D eigenvalue weighted by molar-refractivity contribution is 5.93. The summed E-state index contributed by atoms with van der Waals surface area (Å²) in [7, 11) is 3.13. The van der Waals surface area contributed by atoms with Crippen molar-refractivity contribution in [3.8, 4) is 17.6 Å². The second-order valence-electron chi connectivity index (χ2n) is 2.56. The maximum atomic E-state index is 10.8. The summed E-state index contributed by atoms with van der Waals surface area (Å²) in [5.74, 6) is 5.60. The third-order valence-corrected chi connectivity index (χ3v) is 1.62. The van der Waals surface area contributed by atoms with Gasteiger partial charge in [0.05, 0.1) is 7.11 Å². The zero-order valence-corrected chi connectivity index (χ0v) is 8.13. The summed E-state index contributed by atoms with van der Waals surface area (Å²) in [6, 6.07) is 7.24. The van der Waals surface area contributed by atoms with Gasteiger partial charge < -0.3 is 10.1 Å². The molecule has 0 unspecified atom stereocenters. The molecule has 0 atom stereocenters. The van der Waals surface area contributed by atoms with Gasteiger partial charge in [0.2, 0.25) is 0 Å². The fraction of sp³-hybridized carbons (Fsp3) is 0.182. The van der Waals surface area contributed by atoms with Crippen LogP contribution in [0.4, 0.5) is 0 Å². The van der Waals surface area contributed by atoms with Crippen LogP contribution in [0.3, 0.4) is 0 Å². The molecule has 1 N–H and O–H groups in total. The molecule has 0 bridgehead atoms. The quantitative estimate of drug-likeness (QED) is 0.663. The topological polar surface area (TPSA) is 38.3 Å². The second-order valence-corrected chi connectivity index (χ2v) is 2.56. The Morgan fingerprint density at radius 1 is 1.50 bits per heavy atom. The maximum Gasteiger partial charge on any atom is 0.295 e. The number of methoxy groups -OCH3 is 1. The lowest BCUT2D eigenvalue weighted by molar-refractivity contribution is -0.115. The van der Waals surface area contributed by atoms with E-state index in [2.05, 4.69) is 17.2 Å². The van der Waals surface area contributed by atoms with Crippen molar-refractivity contribution in [3.63, 3.8) is 0 Å². The van der Waals surface area contributed by atoms with Gasteiger partial charge in [0.15, 0.2) is 0 Å². The normalized spacial score (nSPS) is 8.43. The van der Waals surface area contributed by atoms with Crippen LogP contribution in [0, 0.1) is 11.8 Å². The van der Waals surface area contributed by atoms with Crippen LogP contribution in [-0.2, 0) is 4.79 Å². The zero-order chi connectivity index (χ0) is 10.4. The molecule has 3 heteroatoms. The van der Waals surface area contributed by atoms with Gasteiger partial charge in [-0.3, -0.25) is 4.79 Å². The monoisotopic (exact) mass is 189 g/mol.